The predicted octanol–water partition coefficient (Wildman–Crippen LogP) is 12.5. The van der Waals surface area contributed by atoms with E-state index in [4.69, 9.17) is 18.9 Å². The quantitative estimate of drug-likeness (QED) is 0.0781. The number of nitro benzene ring substituents is 2. The highest BCUT2D eigenvalue weighted by Crippen LogP contribution is 2.42. The average Bonchev–Trinajstić information content (AvgIpc) is 3.34. The van der Waals surface area contributed by atoms with Crippen LogP contribution in [0.5, 0.6) is 23.0 Å². The number of hydrogen-bond acceptors (Lipinski definition) is 8. The molecule has 0 amide bonds. The summed E-state index contributed by atoms with van der Waals surface area (Å²) in [6, 6.07) is 57.3. The van der Waals surface area contributed by atoms with Gasteiger partial charge in [-0.25, -0.2) is 0 Å². The van der Waals surface area contributed by atoms with E-state index in [1.807, 2.05) is 158 Å². The van der Waals surface area contributed by atoms with Crippen molar-refractivity contribution in [1.29, 1.82) is 0 Å². The lowest BCUT2D eigenvalue weighted by Crippen LogP contribution is -2.10. The van der Waals surface area contributed by atoms with Crippen molar-refractivity contribution in [3.05, 3.63) is 269 Å². The first-order chi connectivity index (χ1) is 32.3. The maximum atomic E-state index is 12.8. The molecule has 0 heterocycles. The Morgan fingerprint density at radius 1 is 0.318 bits per heavy atom. The third kappa shape index (κ3) is 10.2. The molecule has 8 aromatic rings. The second-order valence-corrected chi connectivity index (χ2v) is 16.3. The van der Waals surface area contributed by atoms with Crippen LogP contribution >= 0.6 is 0 Å². The van der Waals surface area contributed by atoms with E-state index in [0.29, 0.717) is 45.3 Å². The Balaban J connectivity index is 1.27. The number of ether oxygens (including phenoxy) is 4. The second kappa shape index (κ2) is 20.1. The van der Waals surface area contributed by atoms with Gasteiger partial charge in [-0.15, -0.1) is 0 Å². The zero-order valence-electron chi connectivity index (χ0n) is 36.1. The summed E-state index contributed by atoms with van der Waals surface area (Å²) in [7, 11) is 0. The number of non-ortho nitro benzene ring substituents is 2. The van der Waals surface area contributed by atoms with Crippen LogP contribution in [0.3, 0.4) is 0 Å². The van der Waals surface area contributed by atoms with Crippen molar-refractivity contribution >= 4 is 11.4 Å². The van der Waals surface area contributed by atoms with E-state index in [1.165, 1.54) is 0 Å². The molecule has 0 radical (unpaired) electrons. The van der Waals surface area contributed by atoms with Gasteiger partial charge < -0.3 is 18.9 Å². The van der Waals surface area contributed by atoms with Crippen LogP contribution in [-0.4, -0.2) is 9.85 Å². The van der Waals surface area contributed by atoms with Crippen LogP contribution in [0.15, 0.2) is 182 Å². The molecule has 0 atom stereocenters. The fourth-order valence-corrected chi connectivity index (χ4v) is 8.52. The van der Waals surface area contributed by atoms with Crippen molar-refractivity contribution in [1.82, 2.24) is 0 Å². The molecule has 8 aromatic carbocycles. The molecule has 0 unspecified atom stereocenters. The van der Waals surface area contributed by atoms with Crippen molar-refractivity contribution in [2.24, 2.45) is 0 Å². The molecule has 0 saturated carbocycles. The standard InChI is InChI=1S/C56H46N2O8/c59-57(60)51-31-47-27-43-23-13-24-44(53(43)63-35-39-15-5-1-6-16-39)28-48-32-52(58(61)62)34-50(56(48)66-38-42-21-11-4-12-22-42)30-46-26-14-25-45(54(46)64-36-40-17-7-2-8-18-40)29-49(33-51)55(47)65-37-41-19-9-3-10-20-41/h1-26,31-34H,27-30,35-38H2. The van der Waals surface area contributed by atoms with E-state index in [1.54, 1.807) is 24.3 Å². The summed E-state index contributed by atoms with van der Waals surface area (Å²) in [4.78, 5) is 24.9. The maximum Gasteiger partial charge on any atom is 0.270 e. The molecule has 0 spiro atoms. The van der Waals surface area contributed by atoms with Gasteiger partial charge in [-0.3, -0.25) is 20.2 Å². The summed E-state index contributed by atoms with van der Waals surface area (Å²) >= 11 is 0. The Hall–Kier alpha value is -8.24. The van der Waals surface area contributed by atoms with Crippen LogP contribution in [0, 0.1) is 20.2 Å². The Kier molecular flexibility index (Phi) is 13.1. The van der Waals surface area contributed by atoms with E-state index < -0.39 is 0 Å². The minimum absolute atomic E-state index is 0.0681. The van der Waals surface area contributed by atoms with Crippen LogP contribution in [0.25, 0.3) is 0 Å². The van der Waals surface area contributed by atoms with Gasteiger partial charge in [-0.2, -0.15) is 0 Å². The first kappa shape index (κ1) is 43.0. The number of fused-ring (bicyclic) bond motifs is 8. The molecule has 328 valence electrons. The largest absolute Gasteiger partial charge is 0.488 e. The number of para-hydroxylation sites is 2. The number of rotatable bonds is 14. The van der Waals surface area contributed by atoms with Crippen molar-refractivity contribution in [2.75, 3.05) is 0 Å². The molecule has 8 bridgehead atoms. The minimum Gasteiger partial charge on any atom is -0.488 e. The van der Waals surface area contributed by atoms with Gasteiger partial charge in [0, 0.05) is 72.2 Å². The van der Waals surface area contributed by atoms with E-state index >= 15 is 0 Å². The third-order valence-electron chi connectivity index (χ3n) is 11.7. The van der Waals surface area contributed by atoms with Gasteiger partial charge in [0.2, 0.25) is 0 Å². The first-order valence-electron chi connectivity index (χ1n) is 21.8. The summed E-state index contributed by atoms with van der Waals surface area (Å²) < 4.78 is 27.1. The Bertz CT molecular complexity index is 2690. The minimum atomic E-state index is -0.366. The predicted molar refractivity (Wildman–Crippen MR) is 253 cm³/mol. The highest BCUT2D eigenvalue weighted by Gasteiger charge is 2.26. The molecular formula is C56H46N2O8. The lowest BCUT2D eigenvalue weighted by molar-refractivity contribution is -0.385. The molecule has 10 nitrogen and oxygen atoms in total. The van der Waals surface area contributed by atoms with Crippen LogP contribution in [0.4, 0.5) is 11.4 Å². The number of benzene rings is 8. The fourth-order valence-electron chi connectivity index (χ4n) is 8.52. The Morgan fingerprint density at radius 2 is 0.545 bits per heavy atom. The van der Waals surface area contributed by atoms with E-state index in [0.717, 1.165) is 44.5 Å². The molecular weight excluding hydrogens is 829 g/mol. The molecule has 0 N–H and O–H groups in total. The second-order valence-electron chi connectivity index (χ2n) is 16.3. The van der Waals surface area contributed by atoms with Crippen LogP contribution in [0.2, 0.25) is 0 Å². The Labute approximate surface area is 383 Å². The van der Waals surface area contributed by atoms with Gasteiger partial charge in [-0.1, -0.05) is 158 Å². The Morgan fingerprint density at radius 3 is 0.773 bits per heavy atom. The van der Waals surface area contributed by atoms with Gasteiger partial charge >= 0.3 is 0 Å². The molecule has 0 saturated heterocycles. The molecule has 0 aliphatic heterocycles. The molecule has 0 aromatic heterocycles. The van der Waals surface area contributed by atoms with Crippen molar-refractivity contribution in [3.63, 3.8) is 0 Å². The monoisotopic (exact) mass is 874 g/mol. The molecule has 10 heteroatoms. The topological polar surface area (TPSA) is 123 Å². The van der Waals surface area contributed by atoms with Crippen molar-refractivity contribution < 1.29 is 28.8 Å². The zero-order valence-corrected chi connectivity index (χ0v) is 36.1. The SMILES string of the molecule is O=[N+]([O-])c1cc2c(OCc3ccccc3)c(c1)Cc1cccc(c1OCc1ccccc1)Cc1cc([N+](=O)[O-])cc(c1OCc1ccccc1)Cc1cccc(c1OCc1ccccc1)C2. The third-order valence-corrected chi connectivity index (χ3v) is 11.7. The summed E-state index contributed by atoms with van der Waals surface area (Å²) in [5.74, 6) is 2.21. The van der Waals surface area contributed by atoms with E-state index in [9.17, 15) is 20.2 Å². The zero-order chi connectivity index (χ0) is 45.2. The van der Waals surface area contributed by atoms with E-state index in [-0.39, 0.29) is 73.3 Å². The normalized spacial score (nSPS) is 11.9. The summed E-state index contributed by atoms with van der Waals surface area (Å²) in [6.45, 7) is 0.931. The molecule has 1 aliphatic carbocycles. The fraction of sp³-hybridized carbons (Fsp3) is 0.143. The lowest BCUT2D eigenvalue weighted by Gasteiger charge is -2.23. The van der Waals surface area contributed by atoms with Gasteiger partial charge in [0.25, 0.3) is 11.4 Å². The van der Waals surface area contributed by atoms with Crippen molar-refractivity contribution in [3.8, 4) is 23.0 Å². The molecule has 9 rings (SSSR count). The van der Waals surface area contributed by atoms with Crippen LogP contribution in [0.1, 0.15) is 66.8 Å². The van der Waals surface area contributed by atoms with Gasteiger partial charge in [0.05, 0.1) is 9.85 Å². The van der Waals surface area contributed by atoms with Gasteiger partial charge in [0.15, 0.2) is 0 Å². The first-order valence-corrected chi connectivity index (χ1v) is 21.8. The molecule has 66 heavy (non-hydrogen) atoms. The van der Waals surface area contributed by atoms with Crippen LogP contribution in [-0.2, 0) is 52.1 Å². The summed E-state index contributed by atoms with van der Waals surface area (Å²) in [5.41, 5.74) is 9.12. The lowest BCUT2D eigenvalue weighted by atomic mass is 9.90. The average molecular weight is 875 g/mol. The highest BCUT2D eigenvalue weighted by atomic mass is 16.6. The van der Waals surface area contributed by atoms with Gasteiger partial charge in [-0.05, 0) is 44.5 Å². The highest BCUT2D eigenvalue weighted by molar-refractivity contribution is 5.60. The summed E-state index contributed by atoms with van der Waals surface area (Å²) in [6.07, 6.45) is 0.856. The number of hydrogen-bond donors (Lipinski definition) is 0. The summed E-state index contributed by atoms with van der Waals surface area (Å²) in [5, 5.41) is 25.6. The number of nitro groups is 2. The smallest absolute Gasteiger partial charge is 0.270 e. The van der Waals surface area contributed by atoms with Crippen molar-refractivity contribution in [2.45, 2.75) is 52.1 Å². The molecule has 0 fully saturated rings. The molecule has 1 aliphatic rings. The number of nitrogens with zero attached hydrogens (tertiary/aromatic N) is 2. The van der Waals surface area contributed by atoms with Gasteiger partial charge in [0.1, 0.15) is 49.4 Å². The maximum absolute atomic E-state index is 12.8. The van der Waals surface area contributed by atoms with Crippen LogP contribution < -0.4 is 18.9 Å². The van der Waals surface area contributed by atoms with E-state index in [2.05, 4.69) is 0 Å².